The van der Waals surface area contributed by atoms with Gasteiger partial charge in [0, 0.05) is 60.6 Å². The number of aromatic nitrogens is 3. The fraction of sp³-hybridized carbons (Fsp3) is 0.238. The minimum Gasteiger partial charge on any atom is -0.497 e. The van der Waals surface area contributed by atoms with Crippen molar-refractivity contribution >= 4 is 23.4 Å². The molecule has 1 saturated heterocycles. The molecule has 160 valence electrons. The number of morpholine rings is 1. The van der Waals surface area contributed by atoms with E-state index in [2.05, 4.69) is 20.3 Å². The largest absolute Gasteiger partial charge is 0.497 e. The van der Waals surface area contributed by atoms with Crippen LogP contribution in [-0.4, -0.2) is 59.4 Å². The first kappa shape index (κ1) is 20.5. The highest BCUT2D eigenvalue weighted by Gasteiger charge is 2.20. The van der Waals surface area contributed by atoms with Crippen LogP contribution in [0.25, 0.3) is 11.1 Å². The number of nitrogens with one attached hydrogen (secondary N) is 1. The first-order valence-electron chi connectivity index (χ1n) is 9.53. The summed E-state index contributed by atoms with van der Waals surface area (Å²) in [6.45, 7) is 2.31. The lowest BCUT2D eigenvalue weighted by Gasteiger charge is -2.29. The van der Waals surface area contributed by atoms with E-state index in [-0.39, 0.29) is 11.5 Å². The van der Waals surface area contributed by atoms with Gasteiger partial charge < -0.3 is 24.8 Å². The summed E-state index contributed by atoms with van der Waals surface area (Å²) in [6.07, 6.45) is 4.45. The normalized spacial score (nSPS) is 13.7. The quantitative estimate of drug-likeness (QED) is 0.616. The number of rotatable bonds is 6. The standard InChI is InChI=1S/C21H20FN5O4/c1-30-17-8-15(22)7-16(9-17)25-21-24-12-18(13-6-14(20(28)29)11-23-10-13)19(26-21)27-2-4-31-5-3-27/h6-12H,2-5H2,1H3,(H,28,29)(H,24,25,26). The molecule has 0 radical (unpaired) electrons. The van der Waals surface area contributed by atoms with Crippen LogP contribution in [0.2, 0.25) is 0 Å². The molecule has 0 bridgehead atoms. The van der Waals surface area contributed by atoms with Crippen molar-refractivity contribution in [3.05, 3.63) is 54.2 Å². The number of ether oxygens (including phenoxy) is 2. The summed E-state index contributed by atoms with van der Waals surface area (Å²) < 4.78 is 24.4. The third-order valence-corrected chi connectivity index (χ3v) is 4.74. The van der Waals surface area contributed by atoms with Crippen molar-refractivity contribution in [3.8, 4) is 16.9 Å². The molecule has 31 heavy (non-hydrogen) atoms. The van der Waals surface area contributed by atoms with Crippen molar-refractivity contribution in [3.63, 3.8) is 0 Å². The zero-order valence-electron chi connectivity index (χ0n) is 16.7. The summed E-state index contributed by atoms with van der Waals surface area (Å²) in [5, 5.41) is 12.3. The number of anilines is 3. The molecule has 4 rings (SSSR count). The molecule has 2 N–H and O–H groups in total. The van der Waals surface area contributed by atoms with Crippen LogP contribution in [0.15, 0.2) is 42.9 Å². The number of carbonyl (C=O) groups is 1. The van der Waals surface area contributed by atoms with Gasteiger partial charge in [0.05, 0.1) is 25.9 Å². The molecule has 10 heteroatoms. The molecule has 1 aliphatic rings. The molecule has 1 aromatic carbocycles. The number of hydrogen-bond acceptors (Lipinski definition) is 8. The van der Waals surface area contributed by atoms with Gasteiger partial charge in [0.1, 0.15) is 17.4 Å². The molecule has 0 amide bonds. The Labute approximate surface area is 177 Å². The van der Waals surface area contributed by atoms with E-state index in [1.165, 1.54) is 31.5 Å². The highest BCUT2D eigenvalue weighted by molar-refractivity contribution is 5.89. The number of benzene rings is 1. The Bertz CT molecular complexity index is 1100. The second-order valence-corrected chi connectivity index (χ2v) is 6.80. The van der Waals surface area contributed by atoms with Crippen LogP contribution < -0.4 is 15.0 Å². The maximum atomic E-state index is 13.8. The zero-order chi connectivity index (χ0) is 21.8. The number of aromatic carboxylic acids is 1. The highest BCUT2D eigenvalue weighted by atomic mass is 19.1. The monoisotopic (exact) mass is 425 g/mol. The van der Waals surface area contributed by atoms with E-state index in [1.54, 1.807) is 18.5 Å². The lowest BCUT2D eigenvalue weighted by molar-refractivity contribution is 0.0696. The van der Waals surface area contributed by atoms with Crippen LogP contribution in [0, 0.1) is 5.82 Å². The minimum atomic E-state index is -1.07. The van der Waals surface area contributed by atoms with E-state index < -0.39 is 11.8 Å². The van der Waals surface area contributed by atoms with E-state index in [0.29, 0.717) is 54.7 Å². The van der Waals surface area contributed by atoms with E-state index in [1.807, 2.05) is 4.90 Å². The molecule has 1 fully saturated rings. The Morgan fingerprint density at radius 3 is 2.74 bits per heavy atom. The van der Waals surface area contributed by atoms with Gasteiger partial charge in [-0.2, -0.15) is 4.98 Å². The number of carboxylic acid groups (broad SMARTS) is 1. The Morgan fingerprint density at radius 2 is 2.00 bits per heavy atom. The molecule has 1 aliphatic heterocycles. The first-order valence-corrected chi connectivity index (χ1v) is 9.53. The lowest BCUT2D eigenvalue weighted by Crippen LogP contribution is -2.37. The molecule has 0 spiro atoms. The van der Waals surface area contributed by atoms with Crippen molar-refractivity contribution in [1.29, 1.82) is 0 Å². The fourth-order valence-electron chi connectivity index (χ4n) is 3.24. The molecule has 0 saturated carbocycles. The summed E-state index contributed by atoms with van der Waals surface area (Å²) in [7, 11) is 1.46. The van der Waals surface area contributed by atoms with Gasteiger partial charge in [-0.05, 0) is 12.1 Å². The molecule has 0 atom stereocenters. The van der Waals surface area contributed by atoms with Gasteiger partial charge in [-0.3, -0.25) is 4.98 Å². The predicted octanol–water partition coefficient (Wildman–Crippen LogP) is 2.96. The molecule has 2 aromatic heterocycles. The summed E-state index contributed by atoms with van der Waals surface area (Å²) in [5.41, 5.74) is 1.73. The lowest BCUT2D eigenvalue weighted by atomic mass is 10.1. The van der Waals surface area contributed by atoms with Crippen LogP contribution in [-0.2, 0) is 4.74 Å². The van der Waals surface area contributed by atoms with Crippen molar-refractivity contribution in [2.24, 2.45) is 0 Å². The maximum Gasteiger partial charge on any atom is 0.337 e. The molecule has 0 aliphatic carbocycles. The van der Waals surface area contributed by atoms with Gasteiger partial charge in [-0.1, -0.05) is 0 Å². The SMILES string of the molecule is COc1cc(F)cc(Nc2ncc(-c3cncc(C(=O)O)c3)c(N3CCOCC3)n2)c1. The third kappa shape index (κ3) is 4.69. The van der Waals surface area contributed by atoms with E-state index in [0.717, 1.165) is 0 Å². The van der Waals surface area contributed by atoms with Crippen molar-refractivity contribution in [1.82, 2.24) is 15.0 Å². The van der Waals surface area contributed by atoms with Crippen LogP contribution >= 0.6 is 0 Å². The Hall–Kier alpha value is -3.79. The van der Waals surface area contributed by atoms with Crippen LogP contribution in [0.1, 0.15) is 10.4 Å². The van der Waals surface area contributed by atoms with E-state index >= 15 is 0 Å². The summed E-state index contributed by atoms with van der Waals surface area (Å²) in [5.74, 6) is -0.289. The fourth-order valence-corrected chi connectivity index (χ4v) is 3.24. The second-order valence-electron chi connectivity index (χ2n) is 6.80. The molecular formula is C21H20FN5O4. The topological polar surface area (TPSA) is 110 Å². The molecular weight excluding hydrogens is 405 g/mol. The van der Waals surface area contributed by atoms with Gasteiger partial charge in [0.2, 0.25) is 5.95 Å². The van der Waals surface area contributed by atoms with E-state index in [4.69, 9.17) is 9.47 Å². The number of hydrogen-bond donors (Lipinski definition) is 2. The maximum absolute atomic E-state index is 13.8. The number of pyridine rings is 1. The van der Waals surface area contributed by atoms with Crippen molar-refractivity contribution in [2.45, 2.75) is 0 Å². The van der Waals surface area contributed by atoms with Gasteiger partial charge in [0.25, 0.3) is 0 Å². The van der Waals surface area contributed by atoms with Crippen molar-refractivity contribution < 1.29 is 23.8 Å². The van der Waals surface area contributed by atoms with E-state index in [9.17, 15) is 14.3 Å². The zero-order valence-corrected chi connectivity index (χ0v) is 16.7. The average molecular weight is 425 g/mol. The Morgan fingerprint density at radius 1 is 1.19 bits per heavy atom. The summed E-state index contributed by atoms with van der Waals surface area (Å²) in [6, 6.07) is 5.75. The molecule has 3 heterocycles. The van der Waals surface area contributed by atoms with Crippen LogP contribution in [0.5, 0.6) is 5.75 Å². The number of halogens is 1. The number of nitrogens with zero attached hydrogens (tertiary/aromatic N) is 4. The van der Waals surface area contributed by atoms with Gasteiger partial charge in [-0.25, -0.2) is 14.2 Å². The predicted molar refractivity (Wildman–Crippen MR) is 111 cm³/mol. The van der Waals surface area contributed by atoms with Crippen molar-refractivity contribution in [2.75, 3.05) is 43.6 Å². The molecule has 3 aromatic rings. The highest BCUT2D eigenvalue weighted by Crippen LogP contribution is 2.31. The average Bonchev–Trinajstić information content (AvgIpc) is 2.79. The first-order chi connectivity index (χ1) is 15.0. The van der Waals surface area contributed by atoms with Gasteiger partial charge in [0.15, 0.2) is 0 Å². The summed E-state index contributed by atoms with van der Waals surface area (Å²) in [4.78, 5) is 26.4. The summed E-state index contributed by atoms with van der Waals surface area (Å²) >= 11 is 0. The third-order valence-electron chi connectivity index (χ3n) is 4.74. The molecule has 9 nitrogen and oxygen atoms in total. The van der Waals surface area contributed by atoms with Gasteiger partial charge >= 0.3 is 5.97 Å². The Kier molecular flexibility index (Phi) is 5.89. The smallest absolute Gasteiger partial charge is 0.337 e. The van der Waals surface area contributed by atoms with Gasteiger partial charge in [-0.15, -0.1) is 0 Å². The molecule has 0 unspecified atom stereocenters. The Balaban J connectivity index is 1.73. The number of methoxy groups -OCH3 is 1. The second kappa shape index (κ2) is 8.92. The minimum absolute atomic E-state index is 0.0690. The van der Waals surface area contributed by atoms with Crippen LogP contribution in [0.3, 0.4) is 0 Å². The van der Waals surface area contributed by atoms with Crippen LogP contribution in [0.4, 0.5) is 21.8 Å². The number of carboxylic acids is 1.